The molecule has 0 fully saturated rings. The normalized spacial score (nSPS) is 10.8. The number of nitrogens with zero attached hydrogens (tertiary/aromatic N) is 3. The molecular weight excluding hydrogens is 324 g/mol. The second-order valence-electron chi connectivity index (χ2n) is 5.46. The van der Waals surface area contributed by atoms with Gasteiger partial charge < -0.3 is 9.84 Å². The highest BCUT2D eigenvalue weighted by molar-refractivity contribution is 7.09. The zero-order valence-corrected chi connectivity index (χ0v) is 14.4. The van der Waals surface area contributed by atoms with E-state index in [2.05, 4.69) is 20.4 Å². The van der Waals surface area contributed by atoms with Crippen molar-refractivity contribution in [1.29, 1.82) is 0 Å². The van der Waals surface area contributed by atoms with Gasteiger partial charge >= 0.3 is 0 Å². The molecule has 2 aromatic heterocycles. The van der Waals surface area contributed by atoms with Crippen LogP contribution in [0, 0.1) is 13.8 Å². The SMILES string of the molecule is Cc1nc(CCNC(=O)Cc2nc(-c3ccccc3C)no2)cs1. The van der Waals surface area contributed by atoms with E-state index in [1.54, 1.807) is 11.3 Å². The minimum atomic E-state index is -0.137. The molecule has 2 heterocycles. The summed E-state index contributed by atoms with van der Waals surface area (Å²) in [7, 11) is 0. The molecule has 3 rings (SSSR count). The van der Waals surface area contributed by atoms with E-state index in [0.717, 1.165) is 21.8 Å². The number of aromatic nitrogens is 3. The molecule has 0 atom stereocenters. The molecule has 0 aliphatic heterocycles. The van der Waals surface area contributed by atoms with Gasteiger partial charge in [-0.1, -0.05) is 29.4 Å². The van der Waals surface area contributed by atoms with Crippen molar-refractivity contribution in [2.24, 2.45) is 0 Å². The van der Waals surface area contributed by atoms with E-state index < -0.39 is 0 Å². The first-order valence-corrected chi connectivity index (χ1v) is 8.56. The molecule has 0 bridgehead atoms. The van der Waals surface area contributed by atoms with Crippen LogP contribution in [0.5, 0.6) is 0 Å². The topological polar surface area (TPSA) is 80.9 Å². The zero-order chi connectivity index (χ0) is 16.9. The zero-order valence-electron chi connectivity index (χ0n) is 13.6. The Morgan fingerprint density at radius 2 is 2.08 bits per heavy atom. The summed E-state index contributed by atoms with van der Waals surface area (Å²) in [6.45, 7) is 4.49. The maximum atomic E-state index is 12.0. The Bertz CT molecular complexity index is 840. The van der Waals surface area contributed by atoms with Gasteiger partial charge in [0.25, 0.3) is 0 Å². The van der Waals surface area contributed by atoms with Gasteiger partial charge in [-0.3, -0.25) is 4.79 Å². The highest BCUT2D eigenvalue weighted by Gasteiger charge is 2.13. The highest BCUT2D eigenvalue weighted by atomic mass is 32.1. The van der Waals surface area contributed by atoms with Crippen LogP contribution < -0.4 is 5.32 Å². The van der Waals surface area contributed by atoms with Gasteiger partial charge in [0.1, 0.15) is 6.42 Å². The standard InChI is InChI=1S/C17H18N4O2S/c1-11-5-3-4-6-14(11)17-20-16(23-21-17)9-15(22)18-8-7-13-10-24-12(2)19-13/h3-6,10H,7-9H2,1-2H3,(H,18,22). The van der Waals surface area contributed by atoms with Crippen LogP contribution in [0.15, 0.2) is 34.2 Å². The summed E-state index contributed by atoms with van der Waals surface area (Å²) in [5.74, 6) is 0.686. The first-order valence-electron chi connectivity index (χ1n) is 7.68. The predicted octanol–water partition coefficient (Wildman–Crippen LogP) is 2.71. The van der Waals surface area contributed by atoms with Crippen LogP contribution in [0.25, 0.3) is 11.4 Å². The fourth-order valence-electron chi connectivity index (χ4n) is 2.31. The van der Waals surface area contributed by atoms with Crippen LogP contribution in [0.2, 0.25) is 0 Å². The van der Waals surface area contributed by atoms with Crippen LogP contribution in [0.3, 0.4) is 0 Å². The number of hydrogen-bond donors (Lipinski definition) is 1. The van der Waals surface area contributed by atoms with Gasteiger partial charge in [-0.05, 0) is 19.4 Å². The van der Waals surface area contributed by atoms with Crippen molar-refractivity contribution in [3.8, 4) is 11.4 Å². The number of aryl methyl sites for hydroxylation is 2. The molecule has 0 spiro atoms. The smallest absolute Gasteiger partial charge is 0.236 e. The van der Waals surface area contributed by atoms with Crippen molar-refractivity contribution in [3.05, 3.63) is 51.8 Å². The van der Waals surface area contributed by atoms with Crippen molar-refractivity contribution >= 4 is 17.2 Å². The van der Waals surface area contributed by atoms with Crippen LogP contribution in [-0.4, -0.2) is 27.6 Å². The summed E-state index contributed by atoms with van der Waals surface area (Å²) in [4.78, 5) is 20.6. The molecule has 0 radical (unpaired) electrons. The fraction of sp³-hybridized carbons (Fsp3) is 0.294. The average molecular weight is 342 g/mol. The third-order valence-electron chi connectivity index (χ3n) is 3.54. The lowest BCUT2D eigenvalue weighted by Crippen LogP contribution is -2.27. The van der Waals surface area contributed by atoms with E-state index in [1.807, 2.05) is 43.5 Å². The monoisotopic (exact) mass is 342 g/mol. The van der Waals surface area contributed by atoms with Crippen LogP contribution in [-0.2, 0) is 17.6 Å². The number of carbonyl (C=O) groups excluding carboxylic acids is 1. The van der Waals surface area contributed by atoms with Gasteiger partial charge in [-0.25, -0.2) is 4.98 Å². The molecule has 7 heteroatoms. The summed E-state index contributed by atoms with van der Waals surface area (Å²) in [6, 6.07) is 7.79. The van der Waals surface area contributed by atoms with Crippen LogP contribution in [0.1, 0.15) is 22.2 Å². The lowest BCUT2D eigenvalue weighted by atomic mass is 10.1. The number of nitrogens with one attached hydrogen (secondary N) is 1. The molecule has 124 valence electrons. The van der Waals surface area contributed by atoms with Gasteiger partial charge in [-0.2, -0.15) is 4.98 Å². The maximum Gasteiger partial charge on any atom is 0.236 e. The summed E-state index contributed by atoms with van der Waals surface area (Å²) >= 11 is 1.61. The van der Waals surface area contributed by atoms with Crippen molar-refractivity contribution in [2.75, 3.05) is 6.54 Å². The van der Waals surface area contributed by atoms with Gasteiger partial charge in [0.15, 0.2) is 0 Å². The Hall–Kier alpha value is -2.54. The molecule has 1 amide bonds. The van der Waals surface area contributed by atoms with E-state index in [9.17, 15) is 4.79 Å². The van der Waals surface area contributed by atoms with Crippen molar-refractivity contribution in [1.82, 2.24) is 20.4 Å². The Balaban J connectivity index is 1.53. The second kappa shape index (κ2) is 7.35. The van der Waals surface area contributed by atoms with Crippen LogP contribution in [0.4, 0.5) is 0 Å². The molecule has 0 aliphatic rings. The minimum Gasteiger partial charge on any atom is -0.355 e. The maximum absolute atomic E-state index is 12.0. The van der Waals surface area contributed by atoms with E-state index >= 15 is 0 Å². The molecule has 0 saturated heterocycles. The predicted molar refractivity (Wildman–Crippen MR) is 91.7 cm³/mol. The molecule has 1 N–H and O–H groups in total. The number of carbonyl (C=O) groups is 1. The van der Waals surface area contributed by atoms with E-state index in [1.165, 1.54) is 0 Å². The molecule has 0 aliphatic carbocycles. The van der Waals surface area contributed by atoms with Crippen molar-refractivity contribution < 1.29 is 9.32 Å². The first-order chi connectivity index (χ1) is 11.6. The van der Waals surface area contributed by atoms with Gasteiger partial charge in [0, 0.05) is 23.9 Å². The number of rotatable bonds is 6. The number of hydrogen-bond acceptors (Lipinski definition) is 6. The number of thiazole rings is 1. The molecule has 24 heavy (non-hydrogen) atoms. The van der Waals surface area contributed by atoms with E-state index in [4.69, 9.17) is 4.52 Å². The fourth-order valence-corrected chi connectivity index (χ4v) is 2.96. The minimum absolute atomic E-state index is 0.0783. The van der Waals surface area contributed by atoms with Crippen molar-refractivity contribution in [2.45, 2.75) is 26.7 Å². The molecule has 0 saturated carbocycles. The molecule has 3 aromatic rings. The lowest BCUT2D eigenvalue weighted by Gasteiger charge is -2.01. The average Bonchev–Trinajstić information content (AvgIpc) is 3.17. The van der Waals surface area contributed by atoms with Crippen molar-refractivity contribution in [3.63, 3.8) is 0 Å². The first kappa shape index (κ1) is 16.3. The third kappa shape index (κ3) is 4.05. The Morgan fingerprint density at radius 3 is 2.83 bits per heavy atom. The summed E-state index contributed by atoms with van der Waals surface area (Å²) in [6.07, 6.45) is 0.795. The molecular formula is C17H18N4O2S. The van der Waals surface area contributed by atoms with E-state index in [0.29, 0.717) is 24.7 Å². The van der Waals surface area contributed by atoms with Gasteiger partial charge in [0.2, 0.25) is 17.6 Å². The van der Waals surface area contributed by atoms with Gasteiger partial charge in [-0.15, -0.1) is 11.3 Å². The third-order valence-corrected chi connectivity index (χ3v) is 4.36. The second-order valence-corrected chi connectivity index (χ2v) is 6.52. The lowest BCUT2D eigenvalue weighted by molar-refractivity contribution is -0.120. The molecule has 6 nitrogen and oxygen atoms in total. The van der Waals surface area contributed by atoms with Crippen LogP contribution >= 0.6 is 11.3 Å². The Kier molecular flexibility index (Phi) is 5.00. The molecule has 1 aromatic carbocycles. The Labute approximate surface area is 143 Å². The summed E-state index contributed by atoms with van der Waals surface area (Å²) in [5, 5.41) is 9.84. The van der Waals surface area contributed by atoms with E-state index in [-0.39, 0.29) is 12.3 Å². The Morgan fingerprint density at radius 1 is 1.25 bits per heavy atom. The largest absolute Gasteiger partial charge is 0.355 e. The summed E-state index contributed by atoms with van der Waals surface area (Å²) < 4.78 is 5.18. The molecule has 0 unspecified atom stereocenters. The quantitative estimate of drug-likeness (QED) is 0.745. The number of benzene rings is 1. The highest BCUT2D eigenvalue weighted by Crippen LogP contribution is 2.19. The number of amides is 1. The van der Waals surface area contributed by atoms with Gasteiger partial charge in [0.05, 0.1) is 10.7 Å². The summed E-state index contributed by atoms with van der Waals surface area (Å²) in [5.41, 5.74) is 2.97.